The van der Waals surface area contributed by atoms with E-state index in [-0.39, 0.29) is 17.2 Å². The minimum Gasteiger partial charge on any atom is -0.494 e. The van der Waals surface area contributed by atoms with Gasteiger partial charge in [0, 0.05) is 38.3 Å². The van der Waals surface area contributed by atoms with Crippen molar-refractivity contribution >= 4 is 21.7 Å². The summed E-state index contributed by atoms with van der Waals surface area (Å²) in [5, 5.41) is 3.20. The first kappa shape index (κ1) is 24.1. The van der Waals surface area contributed by atoms with E-state index in [1.807, 2.05) is 26.8 Å². The summed E-state index contributed by atoms with van der Waals surface area (Å²) in [5.74, 6) is 3.13. The van der Waals surface area contributed by atoms with Crippen molar-refractivity contribution in [2.75, 3.05) is 49.6 Å². The van der Waals surface area contributed by atoms with Gasteiger partial charge >= 0.3 is 0 Å². The third-order valence-electron chi connectivity index (χ3n) is 5.04. The number of aromatic nitrogens is 2. The van der Waals surface area contributed by atoms with Crippen LogP contribution in [0.3, 0.4) is 0 Å². The summed E-state index contributed by atoms with van der Waals surface area (Å²) in [6.07, 6.45) is 3.59. The Kier molecular flexibility index (Phi) is 8.52. The van der Waals surface area contributed by atoms with Crippen LogP contribution in [-0.4, -0.2) is 57.8 Å². The molecule has 32 heavy (non-hydrogen) atoms. The van der Waals surface area contributed by atoms with E-state index < -0.39 is 10.0 Å². The minimum atomic E-state index is -3.74. The number of ether oxygens (including phenoxy) is 2. The molecule has 0 bridgehead atoms. The van der Waals surface area contributed by atoms with Gasteiger partial charge in [-0.15, -0.1) is 0 Å². The van der Waals surface area contributed by atoms with E-state index in [0.29, 0.717) is 37.2 Å². The van der Waals surface area contributed by atoms with Crippen LogP contribution in [0.25, 0.3) is 0 Å². The molecule has 0 saturated carbocycles. The van der Waals surface area contributed by atoms with Gasteiger partial charge < -0.3 is 19.7 Å². The smallest absolute Gasteiger partial charge is 0.244 e. The average molecular weight is 464 g/mol. The summed E-state index contributed by atoms with van der Waals surface area (Å²) in [6.45, 7) is 8.97. The van der Waals surface area contributed by atoms with Crippen molar-refractivity contribution in [2.45, 2.75) is 44.9 Å². The fourth-order valence-corrected chi connectivity index (χ4v) is 4.77. The van der Waals surface area contributed by atoms with Crippen molar-refractivity contribution < 1.29 is 17.9 Å². The molecule has 1 aromatic heterocycles. The van der Waals surface area contributed by atoms with Gasteiger partial charge in [0.05, 0.1) is 13.2 Å². The van der Waals surface area contributed by atoms with Crippen LogP contribution in [-0.2, 0) is 10.0 Å². The van der Waals surface area contributed by atoms with Crippen molar-refractivity contribution in [2.24, 2.45) is 0 Å². The van der Waals surface area contributed by atoms with Crippen LogP contribution in [0, 0.1) is 6.92 Å². The van der Waals surface area contributed by atoms with E-state index in [1.165, 1.54) is 25.3 Å². The van der Waals surface area contributed by atoms with Crippen LogP contribution >= 0.6 is 0 Å². The molecule has 0 unspecified atom stereocenters. The number of hydrogen-bond acceptors (Lipinski definition) is 8. The van der Waals surface area contributed by atoms with E-state index in [2.05, 4.69) is 24.9 Å². The molecule has 2 N–H and O–H groups in total. The predicted octanol–water partition coefficient (Wildman–Crippen LogP) is 2.96. The van der Waals surface area contributed by atoms with Gasteiger partial charge in [-0.25, -0.2) is 23.1 Å². The number of piperidine rings is 1. The van der Waals surface area contributed by atoms with Gasteiger partial charge in [0.2, 0.25) is 10.0 Å². The zero-order valence-corrected chi connectivity index (χ0v) is 19.9. The molecule has 9 nitrogen and oxygen atoms in total. The Bertz CT molecular complexity index is 994. The van der Waals surface area contributed by atoms with Gasteiger partial charge in [0.15, 0.2) is 0 Å². The SMILES string of the molecule is CCOc1ccc(S(=O)(=O)NCCNc2cc(N3CCCCC3)nc(C)n2)c(OCC)c1. The lowest BCUT2D eigenvalue weighted by atomic mass is 10.1. The Hall–Kier alpha value is -2.59. The highest BCUT2D eigenvalue weighted by Crippen LogP contribution is 2.29. The van der Waals surface area contributed by atoms with Gasteiger partial charge in [-0.05, 0) is 52.2 Å². The van der Waals surface area contributed by atoms with E-state index in [9.17, 15) is 8.42 Å². The molecule has 2 aromatic rings. The lowest BCUT2D eigenvalue weighted by Gasteiger charge is -2.28. The minimum absolute atomic E-state index is 0.0908. The van der Waals surface area contributed by atoms with Gasteiger partial charge in [0.25, 0.3) is 0 Å². The molecule has 0 spiro atoms. The summed E-state index contributed by atoms with van der Waals surface area (Å²) in [5.41, 5.74) is 0. The number of aryl methyl sites for hydroxylation is 1. The second-order valence-corrected chi connectivity index (χ2v) is 9.24. The number of sulfonamides is 1. The summed E-state index contributed by atoms with van der Waals surface area (Å²) < 4.78 is 39.3. The topological polar surface area (TPSA) is 106 Å². The van der Waals surface area contributed by atoms with Crippen LogP contribution in [0.2, 0.25) is 0 Å². The summed E-state index contributed by atoms with van der Waals surface area (Å²) in [4.78, 5) is 11.3. The summed E-state index contributed by atoms with van der Waals surface area (Å²) >= 11 is 0. The van der Waals surface area contributed by atoms with Crippen LogP contribution < -0.4 is 24.4 Å². The van der Waals surface area contributed by atoms with Crippen molar-refractivity contribution in [1.29, 1.82) is 0 Å². The van der Waals surface area contributed by atoms with Crippen molar-refractivity contribution in [1.82, 2.24) is 14.7 Å². The standard InChI is InChI=1S/C22H33N5O4S/c1-4-30-18-9-10-20(19(15-18)31-5-2)32(28,29)24-12-11-23-21-16-22(26-17(3)25-21)27-13-7-6-8-14-27/h9-10,15-16,24H,4-8,11-14H2,1-3H3,(H,23,25,26). The molecule has 0 amide bonds. The quantitative estimate of drug-likeness (QED) is 0.490. The van der Waals surface area contributed by atoms with Gasteiger partial charge in [-0.2, -0.15) is 0 Å². The van der Waals surface area contributed by atoms with Crippen molar-refractivity contribution in [3.8, 4) is 11.5 Å². The molecule has 176 valence electrons. The summed E-state index contributed by atoms with van der Waals surface area (Å²) in [7, 11) is -3.74. The number of benzene rings is 1. The molecular weight excluding hydrogens is 430 g/mol. The highest BCUT2D eigenvalue weighted by Gasteiger charge is 2.20. The van der Waals surface area contributed by atoms with Crippen LogP contribution in [0.1, 0.15) is 38.9 Å². The normalized spacial score (nSPS) is 14.3. The number of hydrogen-bond donors (Lipinski definition) is 2. The Balaban J connectivity index is 1.61. The van der Waals surface area contributed by atoms with Gasteiger partial charge in [-0.1, -0.05) is 0 Å². The van der Waals surface area contributed by atoms with Crippen LogP contribution in [0.4, 0.5) is 11.6 Å². The van der Waals surface area contributed by atoms with Crippen molar-refractivity contribution in [3.63, 3.8) is 0 Å². The number of nitrogens with zero attached hydrogens (tertiary/aromatic N) is 3. The molecule has 10 heteroatoms. The molecule has 0 radical (unpaired) electrons. The lowest BCUT2D eigenvalue weighted by molar-refractivity contribution is 0.317. The van der Waals surface area contributed by atoms with E-state index in [0.717, 1.165) is 18.9 Å². The fraction of sp³-hybridized carbons (Fsp3) is 0.545. The Labute approximate surface area is 190 Å². The largest absolute Gasteiger partial charge is 0.494 e. The highest BCUT2D eigenvalue weighted by molar-refractivity contribution is 7.89. The van der Waals surface area contributed by atoms with Crippen LogP contribution in [0.5, 0.6) is 11.5 Å². The Morgan fingerprint density at radius 2 is 1.75 bits per heavy atom. The van der Waals surface area contributed by atoms with Crippen LogP contribution in [0.15, 0.2) is 29.2 Å². The maximum atomic E-state index is 12.8. The van der Waals surface area contributed by atoms with E-state index in [4.69, 9.17) is 9.47 Å². The molecule has 3 rings (SSSR count). The molecule has 0 atom stereocenters. The number of anilines is 2. The maximum absolute atomic E-state index is 12.8. The van der Waals surface area contributed by atoms with Crippen molar-refractivity contribution in [3.05, 3.63) is 30.1 Å². The third-order valence-corrected chi connectivity index (χ3v) is 6.54. The second kappa shape index (κ2) is 11.3. The molecule has 1 aliphatic heterocycles. The lowest BCUT2D eigenvalue weighted by Crippen LogP contribution is -2.31. The molecule has 1 aromatic carbocycles. The molecule has 1 aliphatic rings. The van der Waals surface area contributed by atoms with Gasteiger partial charge in [0.1, 0.15) is 33.9 Å². The second-order valence-electron chi connectivity index (χ2n) is 7.51. The molecule has 1 saturated heterocycles. The first-order valence-corrected chi connectivity index (χ1v) is 12.6. The number of rotatable bonds is 11. The first-order valence-electron chi connectivity index (χ1n) is 11.2. The Morgan fingerprint density at radius 3 is 2.47 bits per heavy atom. The molecule has 1 fully saturated rings. The zero-order chi connectivity index (χ0) is 23.0. The van der Waals surface area contributed by atoms with Gasteiger partial charge in [-0.3, -0.25) is 0 Å². The third kappa shape index (κ3) is 6.46. The zero-order valence-electron chi connectivity index (χ0n) is 19.1. The Morgan fingerprint density at radius 1 is 1.00 bits per heavy atom. The molecule has 2 heterocycles. The molecular formula is C22H33N5O4S. The average Bonchev–Trinajstić information content (AvgIpc) is 2.77. The summed E-state index contributed by atoms with van der Waals surface area (Å²) in [6, 6.07) is 6.66. The van der Waals surface area contributed by atoms with E-state index >= 15 is 0 Å². The fourth-order valence-electron chi connectivity index (χ4n) is 3.62. The predicted molar refractivity (Wildman–Crippen MR) is 125 cm³/mol. The highest BCUT2D eigenvalue weighted by atomic mass is 32.2. The first-order chi connectivity index (χ1) is 15.4. The monoisotopic (exact) mass is 463 g/mol. The maximum Gasteiger partial charge on any atom is 0.244 e. The van der Waals surface area contributed by atoms with E-state index in [1.54, 1.807) is 12.1 Å². The number of nitrogens with one attached hydrogen (secondary N) is 2. The molecule has 0 aliphatic carbocycles.